The second kappa shape index (κ2) is 7.92. The van der Waals surface area contributed by atoms with Crippen LogP contribution in [0.4, 0.5) is 5.69 Å². The van der Waals surface area contributed by atoms with Crippen molar-refractivity contribution in [2.24, 2.45) is 0 Å². The molecule has 1 aliphatic heterocycles. The lowest BCUT2D eigenvalue weighted by atomic mass is 10.1. The van der Waals surface area contributed by atoms with Crippen LogP contribution in [0.25, 0.3) is 11.0 Å². The van der Waals surface area contributed by atoms with E-state index in [1.165, 1.54) is 12.0 Å². The highest BCUT2D eigenvalue weighted by molar-refractivity contribution is 5.93. The lowest BCUT2D eigenvalue weighted by Crippen LogP contribution is -2.34. The maximum Gasteiger partial charge on any atom is 0.224 e. The Hall–Kier alpha value is -2.66. The van der Waals surface area contributed by atoms with Gasteiger partial charge in [0.15, 0.2) is 0 Å². The highest BCUT2D eigenvalue weighted by atomic mass is 16.1. The normalized spacial score (nSPS) is 14.3. The van der Waals surface area contributed by atoms with Gasteiger partial charge in [0.1, 0.15) is 5.82 Å². The van der Waals surface area contributed by atoms with Gasteiger partial charge in [0.2, 0.25) is 5.91 Å². The first kappa shape index (κ1) is 17.7. The zero-order valence-electron chi connectivity index (χ0n) is 15.8. The van der Waals surface area contributed by atoms with Gasteiger partial charge in [-0.05, 0) is 43.1 Å². The van der Waals surface area contributed by atoms with Crippen molar-refractivity contribution < 1.29 is 4.79 Å². The number of amides is 1. The molecule has 1 aliphatic rings. The Morgan fingerprint density at radius 3 is 2.81 bits per heavy atom. The van der Waals surface area contributed by atoms with Crippen LogP contribution in [0.5, 0.6) is 0 Å². The summed E-state index contributed by atoms with van der Waals surface area (Å²) in [5.74, 6) is 1.16. The number of anilines is 1. The monoisotopic (exact) mass is 362 g/mol. The van der Waals surface area contributed by atoms with Gasteiger partial charge in [-0.25, -0.2) is 4.98 Å². The smallest absolute Gasteiger partial charge is 0.224 e. The number of hydrogen-bond acceptors (Lipinski definition) is 3. The third-order valence-corrected chi connectivity index (χ3v) is 5.14. The molecular weight excluding hydrogens is 336 g/mol. The van der Waals surface area contributed by atoms with Crippen LogP contribution in [0.3, 0.4) is 0 Å². The summed E-state index contributed by atoms with van der Waals surface area (Å²) in [4.78, 5) is 19.6. The van der Waals surface area contributed by atoms with Gasteiger partial charge in [0.05, 0.1) is 17.6 Å². The molecule has 1 N–H and O–H groups in total. The summed E-state index contributed by atoms with van der Waals surface area (Å²) >= 11 is 0. The maximum absolute atomic E-state index is 12.3. The van der Waals surface area contributed by atoms with Crippen molar-refractivity contribution in [2.45, 2.75) is 39.3 Å². The summed E-state index contributed by atoms with van der Waals surface area (Å²) in [6, 6.07) is 16.2. The molecule has 1 aromatic heterocycles. The highest BCUT2D eigenvalue weighted by Crippen LogP contribution is 2.24. The molecule has 1 amide bonds. The number of carbonyl (C=O) groups is 1. The average Bonchev–Trinajstić information content (AvgIpc) is 3.04. The van der Waals surface area contributed by atoms with E-state index in [2.05, 4.69) is 39.9 Å². The molecule has 0 unspecified atom stereocenters. The minimum atomic E-state index is 0.0382. The number of aromatic nitrogens is 2. The molecule has 140 valence electrons. The summed E-state index contributed by atoms with van der Waals surface area (Å²) in [7, 11) is 0. The molecule has 27 heavy (non-hydrogen) atoms. The first-order valence-electron chi connectivity index (χ1n) is 9.78. The molecule has 5 nitrogen and oxygen atoms in total. The number of hydrogen-bond donors (Lipinski definition) is 1. The second-order valence-corrected chi connectivity index (χ2v) is 7.19. The lowest BCUT2D eigenvalue weighted by molar-refractivity contribution is -0.116. The number of fused-ring (bicyclic) bond motifs is 3. The van der Waals surface area contributed by atoms with Crippen LogP contribution in [0.1, 0.15) is 31.2 Å². The largest absolute Gasteiger partial charge is 0.326 e. The molecule has 0 spiro atoms. The van der Waals surface area contributed by atoms with Crippen molar-refractivity contribution in [3.63, 3.8) is 0 Å². The molecular formula is C22H26N4O. The van der Waals surface area contributed by atoms with Crippen molar-refractivity contribution in [3.8, 4) is 0 Å². The van der Waals surface area contributed by atoms with Crippen LogP contribution in [-0.2, 0) is 24.3 Å². The Kier molecular flexibility index (Phi) is 5.21. The molecule has 0 saturated heterocycles. The molecule has 0 fully saturated rings. The Bertz CT molecular complexity index is 932. The summed E-state index contributed by atoms with van der Waals surface area (Å²) in [5.41, 5.74) is 4.12. The van der Waals surface area contributed by atoms with E-state index in [1.54, 1.807) is 0 Å². The van der Waals surface area contributed by atoms with Crippen LogP contribution in [0.2, 0.25) is 0 Å². The molecule has 2 heterocycles. The predicted octanol–water partition coefficient (Wildman–Crippen LogP) is 3.83. The van der Waals surface area contributed by atoms with Gasteiger partial charge in [-0.3, -0.25) is 9.69 Å². The summed E-state index contributed by atoms with van der Waals surface area (Å²) in [5, 5.41) is 3.02. The van der Waals surface area contributed by atoms with Crippen LogP contribution < -0.4 is 5.32 Å². The van der Waals surface area contributed by atoms with E-state index in [0.29, 0.717) is 6.42 Å². The lowest BCUT2D eigenvalue weighted by Gasteiger charge is -2.27. The zero-order valence-corrected chi connectivity index (χ0v) is 15.8. The molecule has 0 saturated carbocycles. The van der Waals surface area contributed by atoms with Gasteiger partial charge in [-0.15, -0.1) is 0 Å². The molecule has 4 rings (SSSR count). The van der Waals surface area contributed by atoms with Gasteiger partial charge >= 0.3 is 0 Å². The summed E-state index contributed by atoms with van der Waals surface area (Å²) < 4.78 is 2.31. The van der Waals surface area contributed by atoms with Crippen LogP contribution in [-0.4, -0.2) is 33.4 Å². The van der Waals surface area contributed by atoms with Crippen LogP contribution >= 0.6 is 0 Å². The van der Waals surface area contributed by atoms with Crippen molar-refractivity contribution in [2.75, 3.05) is 18.4 Å². The number of aryl methyl sites for hydroxylation is 1. The number of benzene rings is 2. The van der Waals surface area contributed by atoms with Gasteiger partial charge < -0.3 is 9.88 Å². The van der Waals surface area contributed by atoms with Crippen molar-refractivity contribution in [1.82, 2.24) is 14.5 Å². The van der Waals surface area contributed by atoms with Crippen LogP contribution in [0, 0.1) is 0 Å². The van der Waals surface area contributed by atoms with E-state index in [1.807, 2.05) is 30.3 Å². The third kappa shape index (κ3) is 4.03. The van der Waals surface area contributed by atoms with Gasteiger partial charge in [-0.2, -0.15) is 0 Å². The third-order valence-electron chi connectivity index (χ3n) is 5.14. The Balaban J connectivity index is 1.43. The average molecular weight is 362 g/mol. The zero-order chi connectivity index (χ0) is 18.6. The summed E-state index contributed by atoms with van der Waals surface area (Å²) in [6.07, 6.45) is 2.40. The molecule has 0 aliphatic carbocycles. The Labute approximate surface area is 160 Å². The van der Waals surface area contributed by atoms with Crippen LogP contribution in [0.15, 0.2) is 48.5 Å². The second-order valence-electron chi connectivity index (χ2n) is 7.19. The van der Waals surface area contributed by atoms with E-state index >= 15 is 0 Å². The van der Waals surface area contributed by atoms with Gasteiger partial charge in [0, 0.05) is 25.2 Å². The minimum absolute atomic E-state index is 0.0382. The van der Waals surface area contributed by atoms with E-state index < -0.39 is 0 Å². The highest BCUT2D eigenvalue weighted by Gasteiger charge is 2.19. The molecule has 2 aromatic carbocycles. The molecule has 0 atom stereocenters. The Morgan fingerprint density at radius 1 is 1.15 bits per heavy atom. The Morgan fingerprint density at radius 2 is 2.00 bits per heavy atom. The fourth-order valence-corrected chi connectivity index (χ4v) is 3.78. The fourth-order valence-electron chi connectivity index (χ4n) is 3.78. The predicted molar refractivity (Wildman–Crippen MR) is 109 cm³/mol. The quantitative estimate of drug-likeness (QED) is 0.725. The SMILES string of the molecule is CCCN1CCn2c(nc3cc(NC(=O)CCc4ccccc4)ccc32)C1. The number of imidazole rings is 1. The first-order chi connectivity index (χ1) is 13.2. The number of nitrogens with one attached hydrogen (secondary N) is 1. The number of nitrogens with zero attached hydrogens (tertiary/aromatic N) is 3. The molecule has 5 heteroatoms. The fraction of sp³-hybridized carbons (Fsp3) is 0.364. The van der Waals surface area contributed by atoms with E-state index in [9.17, 15) is 4.79 Å². The molecule has 0 radical (unpaired) electrons. The maximum atomic E-state index is 12.3. The van der Waals surface area contributed by atoms with Gasteiger partial charge in [-0.1, -0.05) is 37.3 Å². The molecule has 0 bridgehead atoms. The molecule has 3 aromatic rings. The topological polar surface area (TPSA) is 50.2 Å². The van der Waals surface area contributed by atoms with E-state index in [4.69, 9.17) is 4.98 Å². The number of carbonyl (C=O) groups excluding carboxylic acids is 1. The van der Waals surface area contributed by atoms with Crippen molar-refractivity contribution in [1.29, 1.82) is 0 Å². The summed E-state index contributed by atoms with van der Waals surface area (Å²) in [6.45, 7) is 6.29. The van der Waals surface area contributed by atoms with E-state index in [-0.39, 0.29) is 5.91 Å². The van der Waals surface area contributed by atoms with Crippen molar-refractivity contribution >= 4 is 22.6 Å². The first-order valence-corrected chi connectivity index (χ1v) is 9.78. The van der Waals surface area contributed by atoms with Crippen molar-refractivity contribution in [3.05, 3.63) is 59.9 Å². The van der Waals surface area contributed by atoms with Gasteiger partial charge in [0.25, 0.3) is 0 Å². The number of rotatable bonds is 6. The minimum Gasteiger partial charge on any atom is -0.326 e. The van der Waals surface area contributed by atoms with E-state index in [0.717, 1.165) is 55.1 Å². The standard InChI is InChI=1S/C22H26N4O/c1-2-12-25-13-14-26-20-10-9-18(15-19(20)24-21(26)16-25)23-22(27)11-8-17-6-4-3-5-7-17/h3-7,9-10,15H,2,8,11-14,16H2,1H3,(H,23,27).